The topological polar surface area (TPSA) is 53.5 Å². The van der Waals surface area contributed by atoms with Crippen LogP contribution in [0, 0.1) is 0 Å². The Morgan fingerprint density at radius 3 is 2.90 bits per heavy atom. The van der Waals surface area contributed by atoms with Gasteiger partial charge in [-0.15, -0.1) is 0 Å². The molecule has 0 aliphatic carbocycles. The number of hydrogen-bond acceptors (Lipinski definition) is 3. The highest BCUT2D eigenvalue weighted by Gasteiger charge is 2.15. The number of aliphatic imine (C=N–C) groups is 1. The van der Waals surface area contributed by atoms with Gasteiger partial charge in [-0.05, 0) is 35.9 Å². The third-order valence-electron chi connectivity index (χ3n) is 3.30. The molecule has 0 radical (unpaired) electrons. The van der Waals surface area contributed by atoms with Crippen molar-refractivity contribution in [2.45, 2.75) is 6.42 Å². The number of fused-ring (bicyclic) bond motifs is 1. The van der Waals surface area contributed by atoms with Crippen LogP contribution < -0.4 is 10.6 Å². The number of nitrogens with zero attached hydrogens (tertiary/aromatic N) is 1. The van der Waals surface area contributed by atoms with Gasteiger partial charge in [0, 0.05) is 29.7 Å². The van der Waals surface area contributed by atoms with E-state index in [2.05, 4.69) is 15.6 Å². The minimum atomic E-state index is -0.109. The van der Waals surface area contributed by atoms with E-state index in [4.69, 9.17) is 11.6 Å². The average molecular weight is 300 g/mol. The number of carbonyl (C=O) groups is 1. The van der Waals surface area contributed by atoms with Gasteiger partial charge in [-0.2, -0.15) is 0 Å². The predicted octanol–water partition coefficient (Wildman–Crippen LogP) is 3.40. The second kappa shape index (κ2) is 5.58. The third-order valence-corrected chi connectivity index (χ3v) is 3.54. The van der Waals surface area contributed by atoms with Gasteiger partial charge in [-0.25, -0.2) is 4.99 Å². The number of rotatable bonds is 2. The zero-order chi connectivity index (χ0) is 14.8. The van der Waals surface area contributed by atoms with Crippen molar-refractivity contribution >= 4 is 34.7 Å². The van der Waals surface area contributed by atoms with Crippen LogP contribution in [0.25, 0.3) is 0 Å². The quantitative estimate of drug-likeness (QED) is 0.893. The van der Waals surface area contributed by atoms with Crippen LogP contribution in [0.15, 0.2) is 47.5 Å². The molecule has 21 heavy (non-hydrogen) atoms. The van der Waals surface area contributed by atoms with Gasteiger partial charge >= 0.3 is 0 Å². The van der Waals surface area contributed by atoms with E-state index >= 15 is 0 Å². The fraction of sp³-hybridized carbons (Fsp3) is 0.125. The maximum Gasteiger partial charge on any atom is 0.251 e. The summed E-state index contributed by atoms with van der Waals surface area (Å²) < 4.78 is 0. The minimum absolute atomic E-state index is 0.109. The number of halogens is 1. The van der Waals surface area contributed by atoms with Crippen molar-refractivity contribution < 1.29 is 4.79 Å². The Labute approximate surface area is 127 Å². The molecule has 2 N–H and O–H groups in total. The monoisotopic (exact) mass is 299 g/mol. The van der Waals surface area contributed by atoms with E-state index in [1.165, 1.54) is 0 Å². The highest BCUT2D eigenvalue weighted by molar-refractivity contribution is 6.31. The summed E-state index contributed by atoms with van der Waals surface area (Å²) in [5.41, 5.74) is 3.49. The second-order valence-electron chi connectivity index (χ2n) is 4.79. The predicted molar refractivity (Wildman–Crippen MR) is 85.7 cm³/mol. The molecule has 1 heterocycles. The number of benzene rings is 2. The summed E-state index contributed by atoms with van der Waals surface area (Å²) in [6.07, 6.45) is 0.733. The summed E-state index contributed by atoms with van der Waals surface area (Å²) in [5, 5.41) is 6.55. The van der Waals surface area contributed by atoms with Crippen molar-refractivity contribution in [3.63, 3.8) is 0 Å². The van der Waals surface area contributed by atoms with Crippen LogP contribution in [0.4, 0.5) is 11.4 Å². The summed E-state index contributed by atoms with van der Waals surface area (Å²) in [4.78, 5) is 16.2. The van der Waals surface area contributed by atoms with Crippen molar-refractivity contribution in [3.05, 3.63) is 58.6 Å². The molecule has 0 aromatic heterocycles. The first-order valence-electron chi connectivity index (χ1n) is 6.61. The van der Waals surface area contributed by atoms with Gasteiger partial charge in [-0.3, -0.25) is 4.79 Å². The average Bonchev–Trinajstić information content (AvgIpc) is 2.88. The van der Waals surface area contributed by atoms with Crippen LogP contribution in [0.1, 0.15) is 15.9 Å². The molecule has 0 unspecified atom stereocenters. The Morgan fingerprint density at radius 1 is 1.24 bits per heavy atom. The van der Waals surface area contributed by atoms with Gasteiger partial charge in [0.05, 0.1) is 5.69 Å². The molecule has 0 spiro atoms. The Balaban J connectivity index is 1.80. The second-order valence-corrected chi connectivity index (χ2v) is 5.23. The molecule has 2 aromatic carbocycles. The molecular weight excluding hydrogens is 286 g/mol. The van der Waals surface area contributed by atoms with Crippen LogP contribution in [-0.4, -0.2) is 18.8 Å². The summed E-state index contributed by atoms with van der Waals surface area (Å²) in [6, 6.07) is 13.0. The van der Waals surface area contributed by atoms with E-state index in [9.17, 15) is 4.79 Å². The fourth-order valence-electron chi connectivity index (χ4n) is 2.28. The molecule has 3 rings (SSSR count). The Bertz CT molecular complexity index is 740. The summed E-state index contributed by atoms with van der Waals surface area (Å²) in [6.45, 7) is 0. The summed E-state index contributed by atoms with van der Waals surface area (Å²) in [5.74, 6) is 0.739. The fourth-order valence-corrected chi connectivity index (χ4v) is 2.44. The molecule has 106 valence electrons. The molecule has 0 bridgehead atoms. The van der Waals surface area contributed by atoms with E-state index in [-0.39, 0.29) is 5.91 Å². The van der Waals surface area contributed by atoms with Crippen molar-refractivity contribution in [1.82, 2.24) is 5.32 Å². The van der Waals surface area contributed by atoms with Gasteiger partial charge in [0.15, 0.2) is 0 Å². The van der Waals surface area contributed by atoms with Gasteiger partial charge < -0.3 is 10.6 Å². The van der Waals surface area contributed by atoms with E-state index in [0.717, 1.165) is 29.2 Å². The molecule has 0 fully saturated rings. The smallest absolute Gasteiger partial charge is 0.251 e. The highest BCUT2D eigenvalue weighted by atomic mass is 35.5. The molecular formula is C16H14ClN3O. The number of anilines is 1. The lowest BCUT2D eigenvalue weighted by Gasteiger charge is -2.07. The van der Waals surface area contributed by atoms with Gasteiger partial charge in [0.1, 0.15) is 5.84 Å². The number of hydrogen-bond donors (Lipinski definition) is 2. The third kappa shape index (κ3) is 2.90. The minimum Gasteiger partial charge on any atom is -0.355 e. The lowest BCUT2D eigenvalue weighted by atomic mass is 10.1. The Hall–Kier alpha value is -2.33. The molecule has 0 saturated carbocycles. The van der Waals surface area contributed by atoms with Crippen molar-refractivity contribution in [2.24, 2.45) is 4.99 Å². The Morgan fingerprint density at radius 2 is 2.10 bits per heavy atom. The molecule has 1 amide bonds. The number of amides is 1. The molecule has 5 heteroatoms. The maximum absolute atomic E-state index is 11.6. The van der Waals surface area contributed by atoms with Gasteiger partial charge in [-0.1, -0.05) is 23.7 Å². The van der Waals surface area contributed by atoms with Crippen molar-refractivity contribution in [2.75, 3.05) is 12.4 Å². The zero-order valence-corrected chi connectivity index (χ0v) is 12.2. The first-order chi connectivity index (χ1) is 10.2. The van der Waals surface area contributed by atoms with Crippen LogP contribution in [-0.2, 0) is 6.42 Å². The van der Waals surface area contributed by atoms with E-state index in [1.54, 1.807) is 19.2 Å². The van der Waals surface area contributed by atoms with E-state index in [1.807, 2.05) is 30.3 Å². The first-order valence-corrected chi connectivity index (χ1v) is 6.98. The first kappa shape index (κ1) is 13.6. The largest absolute Gasteiger partial charge is 0.355 e. The van der Waals surface area contributed by atoms with Gasteiger partial charge in [0.25, 0.3) is 5.91 Å². The zero-order valence-electron chi connectivity index (χ0n) is 11.5. The molecule has 1 aliphatic heterocycles. The normalized spacial score (nSPS) is 12.6. The molecule has 0 atom stereocenters. The standard InChI is InChI=1S/C16H14ClN3O/c1-18-16(21)11-3-2-4-13(7-11)19-15-8-10-5-6-12(17)9-14(10)20-15/h2-7,9H,8H2,1H3,(H,18,21)(H,19,20). The molecule has 0 saturated heterocycles. The van der Waals surface area contributed by atoms with Crippen LogP contribution in [0.2, 0.25) is 5.02 Å². The van der Waals surface area contributed by atoms with Crippen LogP contribution >= 0.6 is 11.6 Å². The van der Waals surface area contributed by atoms with Crippen LogP contribution in [0.3, 0.4) is 0 Å². The number of carbonyl (C=O) groups excluding carboxylic acids is 1. The number of nitrogens with one attached hydrogen (secondary N) is 2. The molecule has 1 aliphatic rings. The lowest BCUT2D eigenvalue weighted by molar-refractivity contribution is 0.0963. The van der Waals surface area contributed by atoms with E-state index in [0.29, 0.717) is 10.6 Å². The van der Waals surface area contributed by atoms with Crippen molar-refractivity contribution in [3.8, 4) is 0 Å². The SMILES string of the molecule is CNC(=O)c1cccc(NC2=Nc3cc(Cl)ccc3C2)c1. The lowest BCUT2D eigenvalue weighted by Crippen LogP contribution is -2.18. The van der Waals surface area contributed by atoms with E-state index < -0.39 is 0 Å². The molecule has 2 aromatic rings. The van der Waals surface area contributed by atoms with Crippen molar-refractivity contribution in [1.29, 1.82) is 0 Å². The highest BCUT2D eigenvalue weighted by Crippen LogP contribution is 2.29. The maximum atomic E-state index is 11.6. The summed E-state index contributed by atoms with van der Waals surface area (Å²) >= 11 is 5.97. The Kier molecular flexibility index (Phi) is 3.62. The number of amidine groups is 1. The van der Waals surface area contributed by atoms with Crippen LogP contribution in [0.5, 0.6) is 0 Å². The summed E-state index contributed by atoms with van der Waals surface area (Å²) in [7, 11) is 1.61. The van der Waals surface area contributed by atoms with Gasteiger partial charge in [0.2, 0.25) is 0 Å². The molecule has 4 nitrogen and oxygen atoms in total.